The minimum Gasteiger partial charge on any atom is -0.343 e. The van der Waals surface area contributed by atoms with Crippen LogP contribution in [-0.4, -0.2) is 15.9 Å². The van der Waals surface area contributed by atoms with E-state index in [9.17, 15) is 4.79 Å². The molecule has 0 saturated heterocycles. The van der Waals surface area contributed by atoms with Gasteiger partial charge >= 0.3 is 0 Å². The summed E-state index contributed by atoms with van der Waals surface area (Å²) in [6.07, 6.45) is 2.93. The van der Waals surface area contributed by atoms with Gasteiger partial charge in [-0.1, -0.05) is 30.3 Å². The van der Waals surface area contributed by atoms with Gasteiger partial charge in [0.15, 0.2) is 0 Å². The predicted molar refractivity (Wildman–Crippen MR) is 103 cm³/mol. The highest BCUT2D eigenvalue weighted by Crippen LogP contribution is 2.39. The van der Waals surface area contributed by atoms with Crippen LogP contribution < -0.4 is 5.32 Å². The van der Waals surface area contributed by atoms with E-state index >= 15 is 0 Å². The molecule has 0 fully saturated rings. The molecular weight excluding hydrogens is 390 g/mol. The van der Waals surface area contributed by atoms with E-state index in [0.717, 1.165) is 43.6 Å². The Hall–Kier alpha value is -2.11. The van der Waals surface area contributed by atoms with Gasteiger partial charge in [-0.3, -0.25) is 4.79 Å². The molecule has 0 aliphatic rings. The van der Waals surface area contributed by atoms with E-state index in [1.165, 1.54) is 6.08 Å². The molecule has 0 aliphatic carbocycles. The second-order valence-corrected chi connectivity index (χ2v) is 6.72. The van der Waals surface area contributed by atoms with Gasteiger partial charge in [-0.2, -0.15) is 0 Å². The number of aryl methyl sites for hydroxylation is 2. The molecule has 6 heteroatoms. The molecule has 122 valence electrons. The van der Waals surface area contributed by atoms with Crippen LogP contribution in [0.5, 0.6) is 0 Å². The average molecular weight is 405 g/mol. The van der Waals surface area contributed by atoms with Crippen LogP contribution in [0.15, 0.2) is 41.5 Å². The van der Waals surface area contributed by atoms with E-state index in [0.29, 0.717) is 5.02 Å². The maximum Gasteiger partial charge on any atom is 0.247 e. The SMILES string of the molecule is C=CC(=O)Nc1cc(-c2c(C)[nH]c3ncc(Br)c(Cl)c23)ccc1C. The van der Waals surface area contributed by atoms with E-state index < -0.39 is 0 Å². The molecule has 1 aromatic carbocycles. The lowest BCUT2D eigenvalue weighted by atomic mass is 10.0. The Morgan fingerprint density at radius 3 is 2.88 bits per heavy atom. The van der Waals surface area contributed by atoms with E-state index in [4.69, 9.17) is 11.6 Å². The van der Waals surface area contributed by atoms with Crippen molar-refractivity contribution in [2.24, 2.45) is 0 Å². The Bertz CT molecular complexity index is 978. The van der Waals surface area contributed by atoms with Gasteiger partial charge in [0.2, 0.25) is 5.91 Å². The van der Waals surface area contributed by atoms with Crippen LogP contribution in [0.2, 0.25) is 5.02 Å². The van der Waals surface area contributed by atoms with Gasteiger partial charge in [0, 0.05) is 28.5 Å². The lowest BCUT2D eigenvalue weighted by Crippen LogP contribution is -2.08. The molecular formula is C18H15BrClN3O. The number of fused-ring (bicyclic) bond motifs is 1. The highest BCUT2D eigenvalue weighted by Gasteiger charge is 2.17. The summed E-state index contributed by atoms with van der Waals surface area (Å²) in [4.78, 5) is 19.3. The zero-order chi connectivity index (χ0) is 17.4. The lowest BCUT2D eigenvalue weighted by molar-refractivity contribution is -0.111. The van der Waals surface area contributed by atoms with E-state index in [-0.39, 0.29) is 5.91 Å². The Labute approximate surface area is 153 Å². The van der Waals surface area contributed by atoms with E-state index in [1.807, 2.05) is 32.0 Å². The van der Waals surface area contributed by atoms with Crippen LogP contribution in [0, 0.1) is 13.8 Å². The largest absolute Gasteiger partial charge is 0.343 e. The first-order valence-electron chi connectivity index (χ1n) is 7.29. The van der Waals surface area contributed by atoms with Gasteiger partial charge in [0.05, 0.1) is 9.50 Å². The standard InChI is InChI=1S/C18H15BrClN3O/c1-4-14(24)23-13-7-11(6-5-9(13)2)15-10(3)22-18-16(15)17(20)12(19)8-21-18/h4-8H,1H2,2-3H3,(H,21,22)(H,23,24). The number of nitrogens with one attached hydrogen (secondary N) is 2. The molecule has 0 aliphatic heterocycles. The predicted octanol–water partition coefficient (Wildman–Crippen LogP) is 5.39. The molecule has 2 aromatic heterocycles. The van der Waals surface area contributed by atoms with Crippen molar-refractivity contribution in [3.63, 3.8) is 0 Å². The minimum absolute atomic E-state index is 0.242. The summed E-state index contributed by atoms with van der Waals surface area (Å²) in [5.74, 6) is -0.242. The number of benzene rings is 1. The number of hydrogen-bond acceptors (Lipinski definition) is 2. The van der Waals surface area contributed by atoms with Crippen LogP contribution in [-0.2, 0) is 4.79 Å². The van der Waals surface area contributed by atoms with Crippen molar-refractivity contribution in [1.29, 1.82) is 0 Å². The van der Waals surface area contributed by atoms with Crippen molar-refractivity contribution >= 4 is 50.2 Å². The molecule has 0 saturated carbocycles. The summed E-state index contributed by atoms with van der Waals surface area (Å²) in [5, 5.41) is 4.29. The number of rotatable bonds is 3. The third-order valence-electron chi connectivity index (χ3n) is 3.87. The highest BCUT2D eigenvalue weighted by molar-refractivity contribution is 9.10. The van der Waals surface area contributed by atoms with Crippen LogP contribution in [0.1, 0.15) is 11.3 Å². The summed E-state index contributed by atoms with van der Waals surface area (Å²) in [7, 11) is 0. The fourth-order valence-electron chi connectivity index (χ4n) is 2.67. The van der Waals surface area contributed by atoms with Crippen molar-refractivity contribution in [3.05, 3.63) is 57.8 Å². The molecule has 0 bridgehead atoms. The van der Waals surface area contributed by atoms with E-state index in [1.54, 1.807) is 6.20 Å². The number of carbonyl (C=O) groups is 1. The Kier molecular flexibility index (Phi) is 4.47. The quantitative estimate of drug-likeness (QED) is 0.575. The maximum absolute atomic E-state index is 11.6. The van der Waals surface area contributed by atoms with Gasteiger partial charge in [-0.15, -0.1) is 0 Å². The average Bonchev–Trinajstić information content (AvgIpc) is 2.90. The Morgan fingerprint density at radius 2 is 2.17 bits per heavy atom. The van der Waals surface area contributed by atoms with E-state index in [2.05, 4.69) is 37.8 Å². The number of H-pyrrole nitrogens is 1. The fraction of sp³-hybridized carbons (Fsp3) is 0.111. The number of nitrogens with zero attached hydrogens (tertiary/aromatic N) is 1. The number of hydrogen-bond donors (Lipinski definition) is 2. The Balaban J connectivity index is 2.23. The lowest BCUT2D eigenvalue weighted by Gasteiger charge is -2.10. The van der Waals surface area contributed by atoms with Crippen LogP contribution in [0.25, 0.3) is 22.2 Å². The second-order valence-electron chi connectivity index (χ2n) is 5.49. The monoisotopic (exact) mass is 403 g/mol. The molecule has 4 nitrogen and oxygen atoms in total. The van der Waals surface area contributed by atoms with Crippen molar-refractivity contribution in [1.82, 2.24) is 9.97 Å². The molecule has 3 rings (SSSR count). The molecule has 0 radical (unpaired) electrons. The maximum atomic E-state index is 11.6. The second kappa shape index (κ2) is 6.42. The summed E-state index contributed by atoms with van der Waals surface area (Å²) in [6, 6.07) is 5.90. The number of pyridine rings is 1. The molecule has 24 heavy (non-hydrogen) atoms. The number of aromatic nitrogens is 2. The first-order valence-corrected chi connectivity index (χ1v) is 8.46. The summed E-state index contributed by atoms with van der Waals surface area (Å²) < 4.78 is 0.740. The molecule has 2 N–H and O–H groups in total. The van der Waals surface area contributed by atoms with Crippen LogP contribution >= 0.6 is 27.5 Å². The number of aromatic amines is 1. The molecule has 0 unspecified atom stereocenters. The Morgan fingerprint density at radius 1 is 1.42 bits per heavy atom. The first kappa shape index (κ1) is 16.7. The van der Waals surface area contributed by atoms with Gasteiger partial charge in [-0.05, 0) is 53.0 Å². The van der Waals surface area contributed by atoms with Crippen LogP contribution in [0.4, 0.5) is 5.69 Å². The summed E-state index contributed by atoms with van der Waals surface area (Å²) >= 11 is 9.91. The normalized spacial score (nSPS) is 10.8. The van der Waals surface area contributed by atoms with Gasteiger partial charge in [0.25, 0.3) is 0 Å². The topological polar surface area (TPSA) is 57.8 Å². The molecule has 0 atom stereocenters. The van der Waals surface area contributed by atoms with Crippen molar-refractivity contribution in [3.8, 4) is 11.1 Å². The molecule has 0 spiro atoms. The summed E-state index contributed by atoms with van der Waals surface area (Å²) in [5.41, 5.74) is 5.32. The molecule has 3 aromatic rings. The van der Waals surface area contributed by atoms with Crippen molar-refractivity contribution in [2.45, 2.75) is 13.8 Å². The summed E-state index contributed by atoms with van der Waals surface area (Å²) in [6.45, 7) is 7.40. The number of anilines is 1. The number of halogens is 2. The van der Waals surface area contributed by atoms with Crippen molar-refractivity contribution in [2.75, 3.05) is 5.32 Å². The van der Waals surface area contributed by atoms with Crippen molar-refractivity contribution < 1.29 is 4.79 Å². The third kappa shape index (κ3) is 2.85. The smallest absolute Gasteiger partial charge is 0.247 e. The van der Waals surface area contributed by atoms with Gasteiger partial charge in [-0.25, -0.2) is 4.98 Å². The highest BCUT2D eigenvalue weighted by atomic mass is 79.9. The third-order valence-corrected chi connectivity index (χ3v) is 5.10. The van der Waals surface area contributed by atoms with Gasteiger partial charge in [0.1, 0.15) is 5.65 Å². The number of carbonyl (C=O) groups excluding carboxylic acids is 1. The zero-order valence-electron chi connectivity index (χ0n) is 13.2. The van der Waals surface area contributed by atoms with Gasteiger partial charge < -0.3 is 10.3 Å². The minimum atomic E-state index is -0.242. The first-order chi connectivity index (χ1) is 11.4. The number of amides is 1. The zero-order valence-corrected chi connectivity index (χ0v) is 15.5. The molecule has 2 heterocycles. The van der Waals surface area contributed by atoms with Crippen LogP contribution in [0.3, 0.4) is 0 Å². The molecule has 1 amide bonds. The fourth-order valence-corrected chi connectivity index (χ4v) is 3.21.